The smallest absolute Gasteiger partial charge is 0.416 e. The van der Waals surface area contributed by atoms with Crippen LogP contribution >= 0.6 is 0 Å². The molecule has 0 unspecified atom stereocenters. The molecule has 0 bridgehead atoms. The van der Waals surface area contributed by atoms with Crippen LogP contribution in [-0.4, -0.2) is 12.6 Å². The number of carbonyl (C=O) groups excluding carboxylic acids is 1. The van der Waals surface area contributed by atoms with Gasteiger partial charge in [0.05, 0.1) is 12.2 Å². The number of hydrogen-bond donors (Lipinski definition) is 0. The van der Waals surface area contributed by atoms with Crippen LogP contribution in [0.1, 0.15) is 29.2 Å². The zero-order chi connectivity index (χ0) is 17.6. The summed E-state index contributed by atoms with van der Waals surface area (Å²) in [6.45, 7) is 2.05. The van der Waals surface area contributed by atoms with E-state index in [1.165, 1.54) is 18.2 Å². The largest absolute Gasteiger partial charge is 0.463 e. The third kappa shape index (κ3) is 5.26. The maximum Gasteiger partial charge on any atom is 0.416 e. The zero-order valence-corrected chi connectivity index (χ0v) is 13.1. The van der Waals surface area contributed by atoms with Crippen LogP contribution in [0.4, 0.5) is 13.2 Å². The van der Waals surface area contributed by atoms with Gasteiger partial charge in [0, 0.05) is 6.08 Å². The molecule has 2 aromatic carbocycles. The van der Waals surface area contributed by atoms with Gasteiger partial charge >= 0.3 is 12.1 Å². The fourth-order valence-electron chi connectivity index (χ4n) is 2.21. The number of rotatable bonds is 5. The number of halogens is 3. The first kappa shape index (κ1) is 17.8. The molecule has 5 heteroatoms. The van der Waals surface area contributed by atoms with Crippen molar-refractivity contribution in [2.45, 2.75) is 19.5 Å². The van der Waals surface area contributed by atoms with E-state index < -0.39 is 17.7 Å². The molecule has 0 atom stereocenters. The Morgan fingerprint density at radius 3 is 2.42 bits per heavy atom. The highest BCUT2D eigenvalue weighted by molar-refractivity contribution is 5.87. The molecule has 24 heavy (non-hydrogen) atoms. The van der Waals surface area contributed by atoms with E-state index in [0.29, 0.717) is 13.0 Å². The summed E-state index contributed by atoms with van der Waals surface area (Å²) in [5.74, 6) is -0.411. The lowest BCUT2D eigenvalue weighted by molar-refractivity contribution is -0.138. The average Bonchev–Trinajstić information content (AvgIpc) is 2.53. The van der Waals surface area contributed by atoms with Crippen LogP contribution in [-0.2, 0) is 22.1 Å². The fraction of sp³-hybridized carbons (Fsp3) is 0.211. The molecule has 0 aliphatic rings. The van der Waals surface area contributed by atoms with Crippen molar-refractivity contribution in [3.63, 3.8) is 0 Å². The number of benzene rings is 2. The lowest BCUT2D eigenvalue weighted by Crippen LogP contribution is -2.04. The normalized spacial score (nSPS) is 11.7. The van der Waals surface area contributed by atoms with Crippen LogP contribution in [0.2, 0.25) is 0 Å². The zero-order valence-electron chi connectivity index (χ0n) is 13.1. The summed E-state index contributed by atoms with van der Waals surface area (Å²) >= 11 is 0. The van der Waals surface area contributed by atoms with Crippen LogP contribution in [0.25, 0.3) is 6.08 Å². The lowest BCUT2D eigenvalue weighted by atomic mass is 10.0. The van der Waals surface area contributed by atoms with Crippen LogP contribution in [0.15, 0.2) is 54.6 Å². The van der Waals surface area contributed by atoms with E-state index in [1.807, 2.05) is 24.3 Å². The molecule has 0 saturated heterocycles. The molecule has 2 nitrogen and oxygen atoms in total. The SMILES string of the molecule is CCOC(=O)/C=C/c1cccc(Cc2ccc(C(F)(F)F)cc2)c1. The minimum absolute atomic E-state index is 0.317. The van der Waals surface area contributed by atoms with E-state index in [2.05, 4.69) is 0 Å². The van der Waals surface area contributed by atoms with E-state index in [1.54, 1.807) is 13.0 Å². The topological polar surface area (TPSA) is 26.3 Å². The van der Waals surface area contributed by atoms with Gasteiger partial charge in [-0.15, -0.1) is 0 Å². The summed E-state index contributed by atoms with van der Waals surface area (Å²) < 4.78 is 42.5. The molecule has 126 valence electrons. The van der Waals surface area contributed by atoms with Crippen molar-refractivity contribution in [1.82, 2.24) is 0 Å². The van der Waals surface area contributed by atoms with Gasteiger partial charge in [0.15, 0.2) is 0 Å². The van der Waals surface area contributed by atoms with Gasteiger partial charge < -0.3 is 4.74 Å². The summed E-state index contributed by atoms with van der Waals surface area (Å²) in [5.41, 5.74) is 1.90. The molecule has 0 radical (unpaired) electrons. The Kier molecular flexibility index (Phi) is 5.79. The molecule has 0 spiro atoms. The van der Waals surface area contributed by atoms with Crippen molar-refractivity contribution in [2.75, 3.05) is 6.61 Å². The molecule has 0 saturated carbocycles. The highest BCUT2D eigenvalue weighted by Crippen LogP contribution is 2.29. The molecular formula is C19H17F3O2. The molecule has 2 rings (SSSR count). The van der Waals surface area contributed by atoms with E-state index >= 15 is 0 Å². The first-order chi connectivity index (χ1) is 11.4. The van der Waals surface area contributed by atoms with Crippen LogP contribution in [0.5, 0.6) is 0 Å². The first-order valence-electron chi connectivity index (χ1n) is 7.48. The van der Waals surface area contributed by atoms with Crippen molar-refractivity contribution in [1.29, 1.82) is 0 Å². The van der Waals surface area contributed by atoms with Gasteiger partial charge in [-0.25, -0.2) is 4.79 Å². The number of carbonyl (C=O) groups is 1. The molecule has 0 aliphatic carbocycles. The highest BCUT2D eigenvalue weighted by Gasteiger charge is 2.29. The maximum absolute atomic E-state index is 12.6. The Morgan fingerprint density at radius 2 is 1.79 bits per heavy atom. The van der Waals surface area contributed by atoms with Crippen LogP contribution < -0.4 is 0 Å². The number of ether oxygens (including phenoxy) is 1. The third-order valence-electron chi connectivity index (χ3n) is 3.34. The molecule has 0 heterocycles. The third-order valence-corrected chi connectivity index (χ3v) is 3.34. The highest BCUT2D eigenvalue weighted by atomic mass is 19.4. The second-order valence-corrected chi connectivity index (χ2v) is 5.20. The van der Waals surface area contributed by atoms with E-state index in [-0.39, 0.29) is 0 Å². The van der Waals surface area contributed by atoms with Gasteiger partial charge in [0.2, 0.25) is 0 Å². The molecule has 0 N–H and O–H groups in total. The fourth-order valence-corrected chi connectivity index (χ4v) is 2.21. The summed E-state index contributed by atoms with van der Waals surface area (Å²) in [5, 5.41) is 0. The quantitative estimate of drug-likeness (QED) is 0.576. The minimum atomic E-state index is -4.32. The summed E-state index contributed by atoms with van der Waals surface area (Å²) in [7, 11) is 0. The number of alkyl halides is 3. The molecule has 0 fully saturated rings. The van der Waals surface area contributed by atoms with Gasteiger partial charge in [0.25, 0.3) is 0 Å². The lowest BCUT2D eigenvalue weighted by Gasteiger charge is -2.08. The number of hydrogen-bond acceptors (Lipinski definition) is 2. The van der Waals surface area contributed by atoms with Crippen molar-refractivity contribution in [3.8, 4) is 0 Å². The van der Waals surface area contributed by atoms with E-state index in [4.69, 9.17) is 4.74 Å². The van der Waals surface area contributed by atoms with E-state index in [9.17, 15) is 18.0 Å². The summed E-state index contributed by atoms with van der Waals surface area (Å²) in [6.07, 6.45) is -0.815. The van der Waals surface area contributed by atoms with Crippen LogP contribution in [0, 0.1) is 0 Å². The van der Waals surface area contributed by atoms with Crippen molar-refractivity contribution in [3.05, 3.63) is 76.9 Å². The standard InChI is InChI=1S/C19H17F3O2/c1-2-24-18(23)11-8-14-4-3-5-16(12-14)13-15-6-9-17(10-7-15)19(20,21)22/h3-12H,2,13H2,1H3/b11-8+. The summed E-state index contributed by atoms with van der Waals surface area (Å²) in [4.78, 5) is 11.3. The van der Waals surface area contributed by atoms with Gasteiger partial charge in [0.1, 0.15) is 0 Å². The minimum Gasteiger partial charge on any atom is -0.463 e. The van der Waals surface area contributed by atoms with Crippen molar-refractivity contribution < 1.29 is 22.7 Å². The van der Waals surface area contributed by atoms with Crippen LogP contribution in [0.3, 0.4) is 0 Å². The van der Waals surface area contributed by atoms with Gasteiger partial charge in [-0.05, 0) is 48.2 Å². The molecule has 0 aliphatic heterocycles. The molecule has 0 amide bonds. The predicted molar refractivity (Wildman–Crippen MR) is 86.4 cm³/mol. The maximum atomic E-state index is 12.6. The first-order valence-corrected chi connectivity index (χ1v) is 7.48. The van der Waals surface area contributed by atoms with Crippen molar-refractivity contribution in [2.24, 2.45) is 0 Å². The second kappa shape index (κ2) is 7.81. The Morgan fingerprint density at radius 1 is 1.08 bits per heavy atom. The Hall–Kier alpha value is -2.56. The monoisotopic (exact) mass is 334 g/mol. The molecular weight excluding hydrogens is 317 g/mol. The Bertz CT molecular complexity index is 716. The second-order valence-electron chi connectivity index (χ2n) is 5.20. The Labute approximate surface area is 138 Å². The number of esters is 1. The summed E-state index contributed by atoms with van der Waals surface area (Å²) in [6, 6.07) is 12.6. The molecule has 2 aromatic rings. The molecule has 0 aromatic heterocycles. The Balaban J connectivity index is 2.08. The predicted octanol–water partition coefficient (Wildman–Crippen LogP) is 4.87. The van der Waals surface area contributed by atoms with Gasteiger partial charge in [-0.3, -0.25) is 0 Å². The van der Waals surface area contributed by atoms with E-state index in [0.717, 1.165) is 28.8 Å². The van der Waals surface area contributed by atoms with Gasteiger partial charge in [-0.2, -0.15) is 13.2 Å². The average molecular weight is 334 g/mol. The van der Waals surface area contributed by atoms with Gasteiger partial charge in [-0.1, -0.05) is 36.4 Å². The van der Waals surface area contributed by atoms with Crippen molar-refractivity contribution >= 4 is 12.0 Å².